The van der Waals surface area contributed by atoms with Crippen LogP contribution in [0.15, 0.2) is 47.6 Å². The van der Waals surface area contributed by atoms with Gasteiger partial charge in [-0.2, -0.15) is 0 Å². The summed E-state index contributed by atoms with van der Waals surface area (Å²) in [7, 11) is 0. The van der Waals surface area contributed by atoms with Gasteiger partial charge in [-0.3, -0.25) is 0 Å². The number of aliphatic carboxylic acids is 2. The number of allylic oxidation sites excluding steroid dienone is 2. The normalized spacial score (nSPS) is 10.9. The fourth-order valence-electron chi connectivity index (χ4n) is 1.29. The van der Waals surface area contributed by atoms with Gasteiger partial charge in [-0.1, -0.05) is 25.3 Å². The summed E-state index contributed by atoms with van der Waals surface area (Å²) in [5.74, 6) is -2.86. The molecule has 0 aromatic carbocycles. The van der Waals surface area contributed by atoms with E-state index in [9.17, 15) is 19.2 Å². The maximum absolute atomic E-state index is 10.8. The van der Waals surface area contributed by atoms with Crippen LogP contribution in [0.5, 0.6) is 0 Å². The SMILES string of the molecule is C=C(C)C(=O)OCCOC(=O)C(=C)C.CC(=CCCC=C(C)C(=O)O)C(=O)O. The number of hydrogen-bond acceptors (Lipinski definition) is 6. The summed E-state index contributed by atoms with van der Waals surface area (Å²) in [4.78, 5) is 42.4. The molecule has 0 spiro atoms. The molecule has 0 bridgehead atoms. The molecule has 0 amide bonds. The van der Waals surface area contributed by atoms with Crippen LogP contribution < -0.4 is 0 Å². The van der Waals surface area contributed by atoms with Gasteiger partial charge < -0.3 is 19.7 Å². The molecule has 0 saturated carbocycles. The average Bonchev–Trinajstić information content (AvgIpc) is 2.61. The fraction of sp³-hybridized carbons (Fsp3) is 0.400. The molecule has 28 heavy (non-hydrogen) atoms. The highest BCUT2D eigenvalue weighted by Gasteiger charge is 2.05. The third-order valence-electron chi connectivity index (χ3n) is 2.99. The predicted octanol–water partition coefficient (Wildman–Crippen LogP) is 3.05. The molecule has 0 aliphatic rings. The van der Waals surface area contributed by atoms with Crippen molar-refractivity contribution in [1.29, 1.82) is 0 Å². The van der Waals surface area contributed by atoms with Crippen molar-refractivity contribution in [2.24, 2.45) is 0 Å². The summed E-state index contributed by atoms with van der Waals surface area (Å²) in [5.41, 5.74) is 1.20. The van der Waals surface area contributed by atoms with Gasteiger partial charge in [0.15, 0.2) is 0 Å². The lowest BCUT2D eigenvalue weighted by molar-refractivity contribution is -0.147. The third-order valence-corrected chi connectivity index (χ3v) is 2.99. The predicted molar refractivity (Wildman–Crippen MR) is 104 cm³/mol. The minimum absolute atomic E-state index is 0.0325. The Kier molecular flexibility index (Phi) is 14.5. The van der Waals surface area contributed by atoms with Crippen molar-refractivity contribution in [2.45, 2.75) is 40.5 Å². The van der Waals surface area contributed by atoms with Gasteiger partial charge in [0.05, 0.1) is 0 Å². The minimum atomic E-state index is -0.941. The Labute approximate surface area is 164 Å². The number of carboxylic acid groups (broad SMARTS) is 2. The highest BCUT2D eigenvalue weighted by molar-refractivity contribution is 5.88. The molecule has 8 nitrogen and oxygen atoms in total. The first kappa shape index (κ1) is 27.1. The second kappa shape index (κ2) is 15.0. The molecular formula is C20H28O8. The van der Waals surface area contributed by atoms with Gasteiger partial charge in [-0.05, 0) is 40.5 Å². The zero-order chi connectivity index (χ0) is 22.3. The molecule has 0 rings (SSSR count). The summed E-state index contributed by atoms with van der Waals surface area (Å²) >= 11 is 0. The lowest BCUT2D eigenvalue weighted by Crippen LogP contribution is -2.14. The van der Waals surface area contributed by atoms with Crippen molar-refractivity contribution in [3.05, 3.63) is 47.6 Å². The van der Waals surface area contributed by atoms with Crippen LogP contribution in [0.1, 0.15) is 40.5 Å². The van der Waals surface area contributed by atoms with Crippen molar-refractivity contribution in [2.75, 3.05) is 13.2 Å². The molecule has 0 atom stereocenters. The summed E-state index contributed by atoms with van der Waals surface area (Å²) in [6.07, 6.45) is 4.24. The summed E-state index contributed by atoms with van der Waals surface area (Å²) in [5, 5.41) is 17.0. The molecule has 0 aromatic rings. The number of ether oxygens (including phenoxy) is 2. The van der Waals surface area contributed by atoms with E-state index in [4.69, 9.17) is 10.2 Å². The quantitative estimate of drug-likeness (QED) is 0.328. The molecule has 156 valence electrons. The van der Waals surface area contributed by atoms with Crippen molar-refractivity contribution in [3.8, 4) is 0 Å². The van der Waals surface area contributed by atoms with E-state index in [0.717, 1.165) is 0 Å². The van der Waals surface area contributed by atoms with Crippen molar-refractivity contribution >= 4 is 23.9 Å². The topological polar surface area (TPSA) is 127 Å². The van der Waals surface area contributed by atoms with Gasteiger partial charge in [0.1, 0.15) is 13.2 Å². The lowest BCUT2D eigenvalue weighted by atomic mass is 10.1. The van der Waals surface area contributed by atoms with Crippen LogP contribution in [-0.4, -0.2) is 47.3 Å². The Morgan fingerprint density at radius 3 is 1.21 bits per heavy atom. The molecule has 0 aliphatic heterocycles. The number of rotatable bonds is 10. The Morgan fingerprint density at radius 1 is 0.714 bits per heavy atom. The van der Waals surface area contributed by atoms with Crippen LogP contribution in [0.25, 0.3) is 0 Å². The number of carbonyl (C=O) groups excluding carboxylic acids is 2. The maximum atomic E-state index is 10.8. The summed E-state index contributed by atoms with van der Waals surface area (Å²) in [6, 6.07) is 0. The standard InChI is InChI=1S/2C10H14O4/c1-7(2)9(11)13-5-6-14-10(12)8(3)4;1-7(9(11)12)5-3-4-6-8(2)10(13)14/h1,3,5-6H2,2,4H3;5-6H,3-4H2,1-2H3,(H,11,12)(H,13,14). The molecular weight excluding hydrogens is 368 g/mol. The second-order valence-electron chi connectivity index (χ2n) is 5.79. The third kappa shape index (κ3) is 15.1. The van der Waals surface area contributed by atoms with Gasteiger partial charge in [0, 0.05) is 22.3 Å². The molecule has 0 saturated heterocycles. The van der Waals surface area contributed by atoms with E-state index >= 15 is 0 Å². The minimum Gasteiger partial charge on any atom is -0.478 e. The van der Waals surface area contributed by atoms with E-state index in [1.807, 2.05) is 0 Å². The first-order valence-corrected chi connectivity index (χ1v) is 8.35. The van der Waals surface area contributed by atoms with Crippen LogP contribution in [0.2, 0.25) is 0 Å². The van der Waals surface area contributed by atoms with Crippen LogP contribution in [0.4, 0.5) is 0 Å². The Morgan fingerprint density at radius 2 is 1.00 bits per heavy atom. The van der Waals surface area contributed by atoms with E-state index in [2.05, 4.69) is 22.6 Å². The van der Waals surface area contributed by atoms with Gasteiger partial charge in [0.25, 0.3) is 0 Å². The smallest absolute Gasteiger partial charge is 0.333 e. The van der Waals surface area contributed by atoms with Crippen LogP contribution in [0, 0.1) is 0 Å². The first-order valence-electron chi connectivity index (χ1n) is 8.35. The highest BCUT2D eigenvalue weighted by atomic mass is 16.6. The van der Waals surface area contributed by atoms with Crippen LogP contribution >= 0.6 is 0 Å². The molecule has 0 aromatic heterocycles. The zero-order valence-electron chi connectivity index (χ0n) is 16.7. The van der Waals surface area contributed by atoms with Crippen molar-refractivity contribution in [3.63, 3.8) is 0 Å². The fourth-order valence-corrected chi connectivity index (χ4v) is 1.29. The van der Waals surface area contributed by atoms with E-state index < -0.39 is 23.9 Å². The largest absolute Gasteiger partial charge is 0.478 e. The number of carbonyl (C=O) groups is 4. The number of hydrogen-bond donors (Lipinski definition) is 2. The Bertz CT molecular complexity index is 610. The van der Waals surface area contributed by atoms with E-state index in [1.165, 1.54) is 13.8 Å². The van der Waals surface area contributed by atoms with Gasteiger partial charge in [-0.25, -0.2) is 19.2 Å². The van der Waals surface area contributed by atoms with Gasteiger partial charge in [0.2, 0.25) is 0 Å². The maximum Gasteiger partial charge on any atom is 0.333 e. The lowest BCUT2D eigenvalue weighted by Gasteiger charge is -2.05. The number of esters is 2. The van der Waals surface area contributed by atoms with E-state index in [-0.39, 0.29) is 24.4 Å². The summed E-state index contributed by atoms with van der Waals surface area (Å²) < 4.78 is 9.38. The van der Waals surface area contributed by atoms with Gasteiger partial charge in [-0.15, -0.1) is 0 Å². The molecule has 0 heterocycles. The monoisotopic (exact) mass is 396 g/mol. The number of unbranched alkanes of at least 4 members (excludes halogenated alkanes) is 1. The van der Waals surface area contributed by atoms with Crippen molar-refractivity contribution < 1.29 is 38.9 Å². The zero-order valence-corrected chi connectivity index (χ0v) is 16.7. The molecule has 8 heteroatoms. The first-order chi connectivity index (χ1) is 12.9. The second-order valence-corrected chi connectivity index (χ2v) is 5.79. The highest BCUT2D eigenvalue weighted by Crippen LogP contribution is 2.02. The molecule has 2 N–H and O–H groups in total. The van der Waals surface area contributed by atoms with E-state index in [1.54, 1.807) is 26.0 Å². The average molecular weight is 396 g/mol. The van der Waals surface area contributed by atoms with Gasteiger partial charge >= 0.3 is 23.9 Å². The molecule has 0 aliphatic carbocycles. The Balaban J connectivity index is 0. The van der Waals surface area contributed by atoms with Crippen molar-refractivity contribution in [1.82, 2.24) is 0 Å². The van der Waals surface area contributed by atoms with Crippen LogP contribution in [0.3, 0.4) is 0 Å². The summed E-state index contributed by atoms with van der Waals surface area (Å²) in [6.45, 7) is 13.0. The van der Waals surface area contributed by atoms with Crippen LogP contribution in [-0.2, 0) is 28.7 Å². The molecule has 0 unspecified atom stereocenters. The number of carboxylic acids is 2. The Hall–Kier alpha value is -3.16. The molecule has 0 fully saturated rings. The van der Waals surface area contributed by atoms with E-state index in [0.29, 0.717) is 24.0 Å². The molecule has 0 radical (unpaired) electrons.